The number of halogens is 2. The molecule has 0 radical (unpaired) electrons. The van der Waals surface area contributed by atoms with Crippen LogP contribution in [0.2, 0.25) is 0 Å². The molecule has 0 spiro atoms. The molecule has 0 saturated carbocycles. The molecule has 0 bridgehead atoms. The number of nitrogens with one attached hydrogen (secondary N) is 3. The van der Waals surface area contributed by atoms with Gasteiger partial charge in [0.15, 0.2) is 21.3 Å². The van der Waals surface area contributed by atoms with E-state index in [9.17, 15) is 17.2 Å². The number of hydrogen-bond donors (Lipinski definition) is 3. The molecule has 0 aliphatic heterocycles. The summed E-state index contributed by atoms with van der Waals surface area (Å²) in [4.78, 5) is 24.0. The minimum Gasteiger partial charge on any atom is -0.353 e. The fraction of sp³-hybridized carbons (Fsp3) is 0.208. The molecule has 5 rings (SSSR count). The van der Waals surface area contributed by atoms with E-state index in [0.29, 0.717) is 22.1 Å². The van der Waals surface area contributed by atoms with Gasteiger partial charge in [0.05, 0.1) is 33.9 Å². The summed E-state index contributed by atoms with van der Waals surface area (Å²) in [5.41, 5.74) is 3.69. The van der Waals surface area contributed by atoms with Crippen LogP contribution in [0.5, 0.6) is 0 Å². The number of thiazole rings is 1. The molecule has 4 aromatic heterocycles. The first-order valence-electron chi connectivity index (χ1n) is 11.3. The van der Waals surface area contributed by atoms with Crippen molar-refractivity contribution in [1.29, 1.82) is 0 Å². The Bertz CT molecular complexity index is 1780. The zero-order valence-corrected chi connectivity index (χ0v) is 22.3. The topological polar surface area (TPSA) is 138 Å². The largest absolute Gasteiger partial charge is 0.353 e. The number of pyridine rings is 1. The van der Waals surface area contributed by atoms with E-state index in [4.69, 9.17) is 0 Å². The summed E-state index contributed by atoms with van der Waals surface area (Å²) >= 11 is 1.41. The maximum absolute atomic E-state index is 13.5. The maximum Gasteiger partial charge on any atom is 0.295 e. The molecule has 0 fully saturated rings. The Morgan fingerprint density at radius 2 is 1.74 bits per heavy atom. The van der Waals surface area contributed by atoms with E-state index in [2.05, 4.69) is 40.5 Å². The number of aryl methyl sites for hydroxylation is 3. The van der Waals surface area contributed by atoms with Crippen molar-refractivity contribution in [2.24, 2.45) is 0 Å². The molecule has 38 heavy (non-hydrogen) atoms. The highest BCUT2D eigenvalue weighted by Gasteiger charge is 2.20. The van der Waals surface area contributed by atoms with Gasteiger partial charge in [0.1, 0.15) is 22.2 Å². The van der Waals surface area contributed by atoms with E-state index in [-0.39, 0.29) is 33.3 Å². The number of anilines is 4. The van der Waals surface area contributed by atoms with Crippen molar-refractivity contribution in [3.8, 4) is 10.6 Å². The Labute approximate surface area is 220 Å². The van der Waals surface area contributed by atoms with Crippen LogP contribution in [-0.4, -0.2) is 44.6 Å². The molecule has 0 atom stereocenters. The summed E-state index contributed by atoms with van der Waals surface area (Å²) in [6, 6.07) is 6.45. The van der Waals surface area contributed by atoms with E-state index >= 15 is 0 Å². The van der Waals surface area contributed by atoms with Crippen LogP contribution in [0.15, 0.2) is 40.7 Å². The highest BCUT2D eigenvalue weighted by Crippen LogP contribution is 2.35. The highest BCUT2D eigenvalue weighted by atomic mass is 32.2. The number of aromatic amines is 1. The molecule has 0 saturated heterocycles. The third-order valence-electron chi connectivity index (χ3n) is 5.65. The minimum absolute atomic E-state index is 0.0142. The van der Waals surface area contributed by atoms with Gasteiger partial charge < -0.3 is 15.6 Å². The third-order valence-corrected chi connectivity index (χ3v) is 7.80. The Morgan fingerprint density at radius 1 is 0.947 bits per heavy atom. The van der Waals surface area contributed by atoms with Crippen molar-refractivity contribution in [1.82, 2.24) is 29.9 Å². The number of benzene rings is 1. The predicted octanol–water partition coefficient (Wildman–Crippen LogP) is 5.62. The van der Waals surface area contributed by atoms with Gasteiger partial charge in [-0.3, -0.25) is 4.98 Å². The van der Waals surface area contributed by atoms with E-state index in [1.54, 1.807) is 18.2 Å². The molecule has 0 amide bonds. The molecule has 14 heteroatoms. The zero-order chi connectivity index (χ0) is 27.2. The lowest BCUT2D eigenvalue weighted by Crippen LogP contribution is -2.05. The number of rotatable bonds is 7. The highest BCUT2D eigenvalue weighted by molar-refractivity contribution is 7.90. The Balaban J connectivity index is 1.61. The minimum atomic E-state index is -3.69. The number of hydrogen-bond acceptors (Lipinski definition) is 10. The van der Waals surface area contributed by atoms with Gasteiger partial charge in [0.25, 0.3) is 6.43 Å². The Hall–Kier alpha value is -4.04. The van der Waals surface area contributed by atoms with Crippen molar-refractivity contribution in [3.63, 3.8) is 0 Å². The van der Waals surface area contributed by atoms with Crippen molar-refractivity contribution < 1.29 is 17.2 Å². The van der Waals surface area contributed by atoms with Crippen LogP contribution in [0.1, 0.15) is 29.3 Å². The first-order chi connectivity index (χ1) is 18.0. The average molecular weight is 557 g/mol. The molecule has 4 heterocycles. The van der Waals surface area contributed by atoms with Crippen LogP contribution in [0.4, 0.5) is 31.8 Å². The van der Waals surface area contributed by atoms with Crippen molar-refractivity contribution in [2.75, 3.05) is 16.9 Å². The van der Waals surface area contributed by atoms with Crippen LogP contribution < -0.4 is 10.6 Å². The van der Waals surface area contributed by atoms with Gasteiger partial charge >= 0.3 is 0 Å². The van der Waals surface area contributed by atoms with Crippen LogP contribution in [0.3, 0.4) is 0 Å². The van der Waals surface area contributed by atoms with Gasteiger partial charge in [0.2, 0.25) is 0 Å². The number of sulfone groups is 1. The Kier molecular flexibility index (Phi) is 6.53. The molecule has 5 aromatic rings. The smallest absolute Gasteiger partial charge is 0.295 e. The van der Waals surface area contributed by atoms with Gasteiger partial charge in [-0.15, -0.1) is 11.3 Å². The molecule has 196 valence electrons. The normalized spacial score (nSPS) is 11.9. The summed E-state index contributed by atoms with van der Waals surface area (Å²) < 4.78 is 52.4. The molecule has 1 aromatic carbocycles. The van der Waals surface area contributed by atoms with Crippen molar-refractivity contribution in [3.05, 3.63) is 58.7 Å². The SMILES string of the molecule is Cc1csc(-c2ccc(Nc3cc(Nc4cnc(C)c(C)n4)nc4nc(C(F)F)[nH]c34)c(S(C)(=O)=O)c2)n1. The molecule has 0 aliphatic rings. The van der Waals surface area contributed by atoms with Crippen LogP contribution in [0.25, 0.3) is 21.7 Å². The van der Waals surface area contributed by atoms with E-state index in [1.165, 1.54) is 23.6 Å². The molecule has 0 unspecified atom stereocenters. The van der Waals surface area contributed by atoms with Crippen LogP contribution in [0, 0.1) is 20.8 Å². The second-order valence-corrected chi connectivity index (χ2v) is 11.5. The van der Waals surface area contributed by atoms with Gasteiger partial charge in [-0.1, -0.05) is 0 Å². The van der Waals surface area contributed by atoms with E-state index in [0.717, 1.165) is 17.6 Å². The van der Waals surface area contributed by atoms with Crippen LogP contribution >= 0.6 is 11.3 Å². The number of alkyl halides is 2. The lowest BCUT2D eigenvalue weighted by molar-refractivity contribution is 0.142. The van der Waals surface area contributed by atoms with Crippen molar-refractivity contribution >= 4 is 55.3 Å². The first kappa shape index (κ1) is 25.6. The predicted molar refractivity (Wildman–Crippen MR) is 142 cm³/mol. The number of fused-ring (bicyclic) bond motifs is 1. The van der Waals surface area contributed by atoms with Crippen molar-refractivity contribution in [2.45, 2.75) is 32.1 Å². The lowest BCUT2D eigenvalue weighted by atomic mass is 10.2. The summed E-state index contributed by atoms with van der Waals surface area (Å²) in [6.45, 7) is 5.49. The molecular formula is C24H22F2N8O2S2. The number of aromatic nitrogens is 6. The molecular weight excluding hydrogens is 534 g/mol. The fourth-order valence-corrected chi connectivity index (χ4v) is 5.36. The second-order valence-electron chi connectivity index (χ2n) is 8.63. The summed E-state index contributed by atoms with van der Waals surface area (Å²) in [5, 5.41) is 8.65. The summed E-state index contributed by atoms with van der Waals surface area (Å²) in [7, 11) is -3.69. The third kappa shape index (κ3) is 5.17. The van der Waals surface area contributed by atoms with E-state index in [1.807, 2.05) is 26.2 Å². The summed E-state index contributed by atoms with van der Waals surface area (Å²) in [5.74, 6) is 0.0904. The van der Waals surface area contributed by atoms with Gasteiger partial charge in [-0.2, -0.15) is 0 Å². The van der Waals surface area contributed by atoms with Gasteiger partial charge in [0, 0.05) is 29.0 Å². The zero-order valence-electron chi connectivity index (χ0n) is 20.7. The monoisotopic (exact) mass is 556 g/mol. The second kappa shape index (κ2) is 9.68. The molecule has 3 N–H and O–H groups in total. The number of nitrogens with zero attached hydrogens (tertiary/aromatic N) is 5. The fourth-order valence-electron chi connectivity index (χ4n) is 3.70. The summed E-state index contributed by atoms with van der Waals surface area (Å²) in [6.07, 6.45) is -0.230. The number of H-pyrrole nitrogens is 1. The number of imidazole rings is 1. The standard InChI is InChI=1S/C24H22F2N8O2S2/c1-11-10-37-24(28-11)14-5-6-15(17(7-14)38(4,35)36)30-16-8-18(31-19-9-27-12(2)13(3)29-19)32-22-20(16)33-23(34-22)21(25)26/h5-10,21H,1-4H3,(H3,29,30,31,32,33,34). The molecule has 10 nitrogen and oxygen atoms in total. The average Bonchev–Trinajstić information content (AvgIpc) is 3.48. The van der Waals surface area contributed by atoms with Crippen LogP contribution in [-0.2, 0) is 9.84 Å². The van der Waals surface area contributed by atoms with Gasteiger partial charge in [-0.25, -0.2) is 37.1 Å². The molecule has 0 aliphatic carbocycles. The first-order valence-corrected chi connectivity index (χ1v) is 14.0. The maximum atomic E-state index is 13.5. The Morgan fingerprint density at radius 3 is 2.39 bits per heavy atom. The quantitative estimate of drug-likeness (QED) is 0.233. The lowest BCUT2D eigenvalue weighted by Gasteiger charge is -2.14. The van der Waals surface area contributed by atoms with E-state index < -0.39 is 22.1 Å². The van der Waals surface area contributed by atoms with Gasteiger partial charge in [-0.05, 0) is 39.0 Å².